The highest BCUT2D eigenvalue weighted by atomic mass is 32.1. The summed E-state index contributed by atoms with van der Waals surface area (Å²) in [5.74, 6) is 0.157. The van der Waals surface area contributed by atoms with Crippen molar-refractivity contribution in [3.8, 4) is 0 Å². The fraction of sp³-hybridized carbons (Fsp3) is 0.722. The van der Waals surface area contributed by atoms with Crippen molar-refractivity contribution in [1.82, 2.24) is 9.80 Å². The number of hydrogen-bond donors (Lipinski definition) is 1. The van der Waals surface area contributed by atoms with Crippen molar-refractivity contribution < 1.29 is 9.90 Å². The van der Waals surface area contributed by atoms with Gasteiger partial charge in [0.2, 0.25) is 5.91 Å². The summed E-state index contributed by atoms with van der Waals surface area (Å²) in [5, 5.41) is 12.9. The van der Waals surface area contributed by atoms with Crippen LogP contribution < -0.4 is 0 Å². The fourth-order valence-electron chi connectivity index (χ4n) is 4.07. The van der Waals surface area contributed by atoms with E-state index in [4.69, 9.17) is 0 Å². The zero-order valence-corrected chi connectivity index (χ0v) is 14.8. The largest absolute Gasteiger partial charge is 0.389 e. The quantitative estimate of drug-likeness (QED) is 0.898. The van der Waals surface area contributed by atoms with Crippen LogP contribution in [0.5, 0.6) is 0 Å². The van der Waals surface area contributed by atoms with Gasteiger partial charge in [-0.25, -0.2) is 0 Å². The van der Waals surface area contributed by atoms with Crippen LogP contribution in [-0.2, 0) is 11.2 Å². The number of aliphatic hydroxyl groups excluding tert-OH is 1. The van der Waals surface area contributed by atoms with Crippen LogP contribution in [0.1, 0.15) is 43.4 Å². The molecular weight excluding hydrogens is 308 g/mol. The van der Waals surface area contributed by atoms with E-state index in [2.05, 4.69) is 16.3 Å². The van der Waals surface area contributed by atoms with E-state index < -0.39 is 6.10 Å². The number of aliphatic hydroxyl groups is 1. The lowest BCUT2D eigenvalue weighted by Crippen LogP contribution is -2.56. The molecule has 0 radical (unpaired) electrons. The molecule has 1 aromatic rings. The highest BCUT2D eigenvalue weighted by Crippen LogP contribution is 2.29. The average molecular weight is 337 g/mol. The number of nitrogens with zero attached hydrogens (tertiary/aromatic N) is 2. The molecule has 4 nitrogen and oxygen atoms in total. The second kappa shape index (κ2) is 7.77. The molecule has 2 aliphatic rings. The zero-order chi connectivity index (χ0) is 16.2. The molecule has 1 N–H and O–H groups in total. The third-order valence-corrected chi connectivity index (χ3v) is 6.39. The van der Waals surface area contributed by atoms with Gasteiger partial charge in [0.1, 0.15) is 0 Å². The maximum absolute atomic E-state index is 12.5. The van der Waals surface area contributed by atoms with Gasteiger partial charge in [0.05, 0.1) is 12.1 Å². The summed E-state index contributed by atoms with van der Waals surface area (Å²) >= 11 is 1.70. The molecule has 5 heteroatoms. The third kappa shape index (κ3) is 3.95. The average Bonchev–Trinajstić information content (AvgIpc) is 3.25. The molecule has 128 valence electrons. The molecule has 3 rings (SSSR count). The van der Waals surface area contributed by atoms with Gasteiger partial charge in [-0.2, -0.15) is 0 Å². The molecule has 3 atom stereocenters. The van der Waals surface area contributed by atoms with Gasteiger partial charge in [0.15, 0.2) is 0 Å². The summed E-state index contributed by atoms with van der Waals surface area (Å²) in [4.78, 5) is 18.0. The number of aryl methyl sites for hydroxylation is 1. The highest BCUT2D eigenvalue weighted by molar-refractivity contribution is 7.09. The van der Waals surface area contributed by atoms with Crippen molar-refractivity contribution in [3.05, 3.63) is 22.4 Å². The first-order valence-corrected chi connectivity index (χ1v) is 9.75. The number of carbonyl (C=O) groups excluding carboxylic acids is 1. The van der Waals surface area contributed by atoms with E-state index in [1.54, 1.807) is 11.3 Å². The Balaban J connectivity index is 1.56. The Hall–Kier alpha value is -0.910. The summed E-state index contributed by atoms with van der Waals surface area (Å²) in [6.45, 7) is 2.20. The minimum atomic E-state index is -0.405. The number of likely N-dealkylation sites (tertiary alicyclic amines) is 1. The molecule has 1 aromatic heterocycles. The Kier molecular flexibility index (Phi) is 5.72. The summed E-state index contributed by atoms with van der Waals surface area (Å²) in [7, 11) is 1.87. The molecule has 1 saturated heterocycles. The van der Waals surface area contributed by atoms with Gasteiger partial charge in [-0.15, -0.1) is 11.3 Å². The lowest BCUT2D eigenvalue weighted by atomic mass is 9.86. The Bertz CT molecular complexity index is 499. The lowest BCUT2D eigenvalue weighted by Gasteiger charge is -2.43. The van der Waals surface area contributed by atoms with Gasteiger partial charge >= 0.3 is 0 Å². The van der Waals surface area contributed by atoms with Gasteiger partial charge in [-0.05, 0) is 63.1 Å². The van der Waals surface area contributed by atoms with E-state index in [1.807, 2.05) is 18.0 Å². The molecule has 0 spiro atoms. The van der Waals surface area contributed by atoms with Crippen LogP contribution in [0.3, 0.4) is 0 Å². The van der Waals surface area contributed by atoms with Gasteiger partial charge in [0.25, 0.3) is 0 Å². The summed E-state index contributed by atoms with van der Waals surface area (Å²) in [5.41, 5.74) is 0. The maximum atomic E-state index is 12.5. The maximum Gasteiger partial charge on any atom is 0.223 e. The first kappa shape index (κ1) is 16.9. The van der Waals surface area contributed by atoms with Crippen LogP contribution in [0.2, 0.25) is 0 Å². The van der Waals surface area contributed by atoms with Crippen molar-refractivity contribution in [2.24, 2.45) is 0 Å². The predicted octanol–water partition coefficient (Wildman–Crippen LogP) is 2.52. The molecule has 0 aromatic carbocycles. The molecule has 23 heavy (non-hydrogen) atoms. The van der Waals surface area contributed by atoms with Crippen LogP contribution in [0.15, 0.2) is 17.5 Å². The Morgan fingerprint density at radius 2 is 2.13 bits per heavy atom. The topological polar surface area (TPSA) is 43.8 Å². The number of thiophene rings is 1. The van der Waals surface area contributed by atoms with Crippen molar-refractivity contribution in [3.63, 3.8) is 0 Å². The number of rotatable bonds is 5. The number of amides is 1. The number of carbonyl (C=O) groups is 1. The fourth-order valence-corrected chi connectivity index (χ4v) is 4.78. The molecule has 0 unspecified atom stereocenters. The SMILES string of the molecule is CN(C(=O)CCc1cccs1)[C@@H]1CCC[C@@H](N2CCCC2)[C@@H]1O. The Labute approximate surface area is 143 Å². The number of hydrogen-bond acceptors (Lipinski definition) is 4. The second-order valence-electron chi connectivity index (χ2n) is 6.88. The Morgan fingerprint density at radius 3 is 2.83 bits per heavy atom. The van der Waals surface area contributed by atoms with Crippen LogP contribution in [0.25, 0.3) is 0 Å². The predicted molar refractivity (Wildman–Crippen MR) is 93.7 cm³/mol. The van der Waals surface area contributed by atoms with Crippen molar-refractivity contribution in [2.45, 2.75) is 63.1 Å². The molecule has 1 amide bonds. The molecule has 2 fully saturated rings. The van der Waals surface area contributed by atoms with Gasteiger partial charge in [-0.3, -0.25) is 9.69 Å². The molecule has 2 heterocycles. The monoisotopic (exact) mass is 336 g/mol. The summed E-state index contributed by atoms with van der Waals surface area (Å²) < 4.78 is 0. The first-order valence-electron chi connectivity index (χ1n) is 8.87. The van der Waals surface area contributed by atoms with Crippen molar-refractivity contribution in [1.29, 1.82) is 0 Å². The zero-order valence-electron chi connectivity index (χ0n) is 14.0. The minimum absolute atomic E-state index is 0.0230. The van der Waals surface area contributed by atoms with E-state index >= 15 is 0 Å². The van der Waals surface area contributed by atoms with Crippen molar-refractivity contribution in [2.75, 3.05) is 20.1 Å². The summed E-state index contributed by atoms with van der Waals surface area (Å²) in [6, 6.07) is 4.32. The normalized spacial score (nSPS) is 28.9. The van der Waals surface area contributed by atoms with Gasteiger partial charge < -0.3 is 10.0 Å². The van der Waals surface area contributed by atoms with Crippen LogP contribution >= 0.6 is 11.3 Å². The van der Waals surface area contributed by atoms with E-state index in [1.165, 1.54) is 17.7 Å². The minimum Gasteiger partial charge on any atom is -0.389 e. The van der Waals surface area contributed by atoms with E-state index in [9.17, 15) is 9.90 Å². The van der Waals surface area contributed by atoms with Gasteiger partial charge in [0, 0.05) is 24.4 Å². The second-order valence-corrected chi connectivity index (χ2v) is 7.92. The van der Waals surface area contributed by atoms with E-state index in [0.717, 1.165) is 38.8 Å². The molecule has 0 bridgehead atoms. The Morgan fingerprint density at radius 1 is 1.35 bits per heavy atom. The van der Waals surface area contributed by atoms with Crippen LogP contribution in [0, 0.1) is 0 Å². The molecule has 1 saturated carbocycles. The highest BCUT2D eigenvalue weighted by Gasteiger charge is 2.39. The summed E-state index contributed by atoms with van der Waals surface area (Å²) in [6.07, 6.45) is 6.51. The first-order chi connectivity index (χ1) is 11.2. The van der Waals surface area contributed by atoms with Crippen LogP contribution in [0.4, 0.5) is 0 Å². The third-order valence-electron chi connectivity index (χ3n) is 5.45. The van der Waals surface area contributed by atoms with E-state index in [-0.39, 0.29) is 18.0 Å². The van der Waals surface area contributed by atoms with E-state index in [0.29, 0.717) is 6.42 Å². The smallest absolute Gasteiger partial charge is 0.223 e. The molecule has 1 aliphatic heterocycles. The molecular formula is C18H28N2O2S. The van der Waals surface area contributed by atoms with Crippen molar-refractivity contribution >= 4 is 17.2 Å². The number of likely N-dealkylation sites (N-methyl/N-ethyl adjacent to an activating group) is 1. The lowest BCUT2D eigenvalue weighted by molar-refractivity contribution is -0.137. The van der Waals surface area contributed by atoms with Gasteiger partial charge in [-0.1, -0.05) is 6.07 Å². The molecule has 1 aliphatic carbocycles. The van der Waals surface area contributed by atoms with Crippen LogP contribution in [-0.4, -0.2) is 59.1 Å². The standard InChI is InChI=1S/C18H28N2O2S/c1-19(17(21)10-9-14-6-5-13-23-14)15-7-4-8-16(18(15)22)20-11-2-3-12-20/h5-6,13,15-16,18,22H,2-4,7-12H2,1H3/t15-,16-,18-/m1/s1.